The predicted octanol–water partition coefficient (Wildman–Crippen LogP) is 2.59. The van der Waals surface area contributed by atoms with E-state index in [0.717, 1.165) is 18.9 Å². The maximum Gasteiger partial charge on any atom is 0.258 e. The molecular weight excluding hydrogens is 401 g/mol. The summed E-state index contributed by atoms with van der Waals surface area (Å²) in [5.41, 5.74) is 2.33. The maximum absolute atomic E-state index is 13.4. The molecule has 158 valence electrons. The molecule has 31 heavy (non-hydrogen) atoms. The van der Waals surface area contributed by atoms with Crippen LogP contribution in [0.4, 0.5) is 16.0 Å². The number of hydrogen-bond donors (Lipinski definition) is 2. The van der Waals surface area contributed by atoms with E-state index in [1.165, 1.54) is 12.1 Å². The lowest BCUT2D eigenvalue weighted by atomic mass is 10.2. The van der Waals surface area contributed by atoms with E-state index in [1.807, 2.05) is 6.07 Å². The van der Waals surface area contributed by atoms with Crippen LogP contribution < -0.4 is 10.2 Å². The van der Waals surface area contributed by atoms with Gasteiger partial charge in [-0.05, 0) is 30.3 Å². The highest BCUT2D eigenvalue weighted by Gasteiger charge is 2.16. The van der Waals surface area contributed by atoms with Crippen LogP contribution in [0, 0.1) is 5.82 Å². The van der Waals surface area contributed by atoms with Crippen molar-refractivity contribution in [1.82, 2.24) is 24.7 Å². The van der Waals surface area contributed by atoms with Crippen molar-refractivity contribution in [3.63, 3.8) is 0 Å². The first kappa shape index (κ1) is 19.2. The number of aromatic nitrogens is 5. The van der Waals surface area contributed by atoms with E-state index >= 15 is 0 Å². The Hall–Kier alpha value is -3.79. The van der Waals surface area contributed by atoms with E-state index < -0.39 is 0 Å². The Morgan fingerprint density at radius 3 is 2.81 bits per heavy atom. The van der Waals surface area contributed by atoms with Gasteiger partial charge in [-0.2, -0.15) is 5.10 Å². The number of benzene rings is 1. The van der Waals surface area contributed by atoms with E-state index in [1.54, 1.807) is 36.1 Å². The summed E-state index contributed by atoms with van der Waals surface area (Å²) >= 11 is 0. The first-order valence-electron chi connectivity index (χ1n) is 9.86. The van der Waals surface area contributed by atoms with Crippen molar-refractivity contribution in [2.45, 2.75) is 0 Å². The monoisotopic (exact) mass is 421 g/mol. The zero-order valence-electron chi connectivity index (χ0n) is 16.8. The van der Waals surface area contributed by atoms with Crippen LogP contribution >= 0.6 is 0 Å². The van der Waals surface area contributed by atoms with Gasteiger partial charge in [0.2, 0.25) is 0 Å². The van der Waals surface area contributed by atoms with Gasteiger partial charge >= 0.3 is 0 Å². The Labute approximate surface area is 176 Å². The molecule has 1 aromatic carbocycles. The first-order valence-corrected chi connectivity index (χ1v) is 9.86. The number of H-pyrrole nitrogens is 1. The molecule has 0 radical (unpaired) electrons. The fraction of sp³-hybridized carbons (Fsp3) is 0.238. The molecule has 1 aliphatic heterocycles. The van der Waals surface area contributed by atoms with Crippen LogP contribution in [0.5, 0.6) is 0 Å². The number of amides is 1. The lowest BCUT2D eigenvalue weighted by Gasteiger charge is -2.27. The number of fused-ring (bicyclic) bond motifs is 1. The normalized spacial score (nSPS) is 14.2. The summed E-state index contributed by atoms with van der Waals surface area (Å²) in [6.07, 6.45) is 1.55. The molecule has 0 saturated carbocycles. The zero-order chi connectivity index (χ0) is 21.4. The third-order valence-electron chi connectivity index (χ3n) is 5.15. The number of nitrogens with zero attached hydrogens (tertiary/aromatic N) is 5. The predicted molar refractivity (Wildman–Crippen MR) is 113 cm³/mol. The van der Waals surface area contributed by atoms with E-state index in [0.29, 0.717) is 47.1 Å². The molecule has 2 N–H and O–H groups in total. The van der Waals surface area contributed by atoms with E-state index in [2.05, 4.69) is 30.3 Å². The third kappa shape index (κ3) is 3.84. The molecule has 4 heterocycles. The standard InChI is InChI=1S/C21H20FN7O2/c1-28-17(20-24-15-4-3-14(22)10-16(15)25-20)11-18(27-28)26-21(30)13-2-5-19(23-12-13)29-6-8-31-9-7-29/h2-5,10-12H,6-9H2,1H3,(H,24,25)(H,26,27,30). The number of halogens is 1. The lowest BCUT2D eigenvalue weighted by Crippen LogP contribution is -2.36. The van der Waals surface area contributed by atoms with Crippen molar-refractivity contribution in [2.24, 2.45) is 7.05 Å². The number of hydrogen-bond acceptors (Lipinski definition) is 6. The fourth-order valence-corrected chi connectivity index (χ4v) is 3.54. The molecule has 0 spiro atoms. The van der Waals surface area contributed by atoms with Gasteiger partial charge in [0.1, 0.15) is 17.3 Å². The van der Waals surface area contributed by atoms with Gasteiger partial charge in [0.25, 0.3) is 5.91 Å². The summed E-state index contributed by atoms with van der Waals surface area (Å²) in [5.74, 6) is 1.09. The molecule has 0 atom stereocenters. The second-order valence-electron chi connectivity index (χ2n) is 7.24. The Kier molecular flexibility index (Phi) is 4.83. The summed E-state index contributed by atoms with van der Waals surface area (Å²) in [6, 6.07) is 9.64. The molecule has 1 fully saturated rings. The van der Waals surface area contributed by atoms with E-state index in [4.69, 9.17) is 4.74 Å². The Balaban J connectivity index is 1.32. The van der Waals surface area contributed by atoms with Crippen LogP contribution in [-0.2, 0) is 11.8 Å². The number of ether oxygens (including phenoxy) is 1. The fourth-order valence-electron chi connectivity index (χ4n) is 3.54. The molecule has 0 aliphatic carbocycles. The average molecular weight is 421 g/mol. The Morgan fingerprint density at radius 2 is 2.03 bits per heavy atom. The van der Waals surface area contributed by atoms with Crippen LogP contribution in [0.1, 0.15) is 10.4 Å². The number of anilines is 2. The number of aryl methyl sites for hydroxylation is 1. The second-order valence-corrected chi connectivity index (χ2v) is 7.24. The van der Waals surface area contributed by atoms with Crippen molar-refractivity contribution < 1.29 is 13.9 Å². The molecule has 1 aliphatic rings. The van der Waals surface area contributed by atoms with Gasteiger partial charge in [-0.15, -0.1) is 0 Å². The molecule has 5 rings (SSSR count). The molecular formula is C21H20FN7O2. The number of imidazole rings is 1. The highest BCUT2D eigenvalue weighted by atomic mass is 19.1. The summed E-state index contributed by atoms with van der Waals surface area (Å²) < 4.78 is 20.4. The molecule has 3 aromatic heterocycles. The minimum absolute atomic E-state index is 0.308. The molecule has 4 aromatic rings. The minimum Gasteiger partial charge on any atom is -0.378 e. The van der Waals surface area contributed by atoms with Crippen molar-refractivity contribution in [1.29, 1.82) is 0 Å². The van der Waals surface area contributed by atoms with Crippen LogP contribution in [0.2, 0.25) is 0 Å². The third-order valence-corrected chi connectivity index (χ3v) is 5.15. The number of rotatable bonds is 4. The van der Waals surface area contributed by atoms with Crippen molar-refractivity contribution in [3.8, 4) is 11.5 Å². The van der Waals surface area contributed by atoms with Crippen molar-refractivity contribution in [2.75, 3.05) is 36.5 Å². The summed E-state index contributed by atoms with van der Waals surface area (Å²) in [4.78, 5) is 26.7. The summed E-state index contributed by atoms with van der Waals surface area (Å²) in [5, 5.41) is 7.12. The number of morpholine rings is 1. The van der Waals surface area contributed by atoms with Crippen LogP contribution in [-0.4, -0.2) is 56.9 Å². The number of nitrogens with one attached hydrogen (secondary N) is 2. The van der Waals surface area contributed by atoms with E-state index in [9.17, 15) is 9.18 Å². The van der Waals surface area contributed by atoms with Crippen LogP contribution in [0.3, 0.4) is 0 Å². The van der Waals surface area contributed by atoms with Crippen molar-refractivity contribution >= 4 is 28.6 Å². The lowest BCUT2D eigenvalue weighted by molar-refractivity contribution is 0.102. The number of aromatic amines is 1. The molecule has 9 nitrogen and oxygen atoms in total. The molecule has 10 heteroatoms. The first-order chi connectivity index (χ1) is 15.1. The average Bonchev–Trinajstić information content (AvgIpc) is 3.36. The molecule has 0 unspecified atom stereocenters. The van der Waals surface area contributed by atoms with Gasteiger partial charge in [-0.3, -0.25) is 9.48 Å². The summed E-state index contributed by atoms with van der Waals surface area (Å²) in [6.45, 7) is 2.91. The van der Waals surface area contributed by atoms with Gasteiger partial charge in [-0.25, -0.2) is 14.4 Å². The van der Waals surface area contributed by atoms with Gasteiger partial charge < -0.3 is 19.9 Å². The quantitative estimate of drug-likeness (QED) is 0.525. The zero-order valence-corrected chi connectivity index (χ0v) is 16.8. The number of pyridine rings is 1. The number of carbonyl (C=O) groups excluding carboxylic acids is 1. The number of carbonyl (C=O) groups is 1. The Bertz CT molecular complexity index is 1240. The van der Waals surface area contributed by atoms with Gasteiger partial charge in [-0.1, -0.05) is 0 Å². The highest BCUT2D eigenvalue weighted by Crippen LogP contribution is 2.23. The topological polar surface area (TPSA) is 101 Å². The largest absolute Gasteiger partial charge is 0.378 e. The Morgan fingerprint density at radius 1 is 1.19 bits per heavy atom. The summed E-state index contributed by atoms with van der Waals surface area (Å²) in [7, 11) is 1.75. The SMILES string of the molecule is Cn1nc(NC(=O)c2ccc(N3CCOCC3)nc2)cc1-c1nc2ccc(F)cc2[nH]1. The minimum atomic E-state index is -0.339. The van der Waals surface area contributed by atoms with Crippen LogP contribution in [0.25, 0.3) is 22.6 Å². The van der Waals surface area contributed by atoms with Gasteiger partial charge in [0.15, 0.2) is 11.6 Å². The van der Waals surface area contributed by atoms with Crippen LogP contribution in [0.15, 0.2) is 42.6 Å². The smallest absolute Gasteiger partial charge is 0.258 e. The molecule has 1 amide bonds. The van der Waals surface area contributed by atoms with E-state index in [-0.39, 0.29) is 11.7 Å². The highest BCUT2D eigenvalue weighted by molar-refractivity contribution is 6.03. The van der Waals surface area contributed by atoms with Gasteiger partial charge in [0, 0.05) is 32.4 Å². The molecule has 0 bridgehead atoms. The second kappa shape index (κ2) is 7.80. The van der Waals surface area contributed by atoms with Crippen molar-refractivity contribution in [3.05, 3.63) is 54.0 Å². The molecule has 1 saturated heterocycles. The van der Waals surface area contributed by atoms with Gasteiger partial charge in [0.05, 0.1) is 29.8 Å². The maximum atomic E-state index is 13.4.